The molecular weight excluding hydrogens is 238 g/mol. The number of hydrogen-bond acceptors (Lipinski definition) is 3. The third-order valence-electron chi connectivity index (χ3n) is 3.06. The molecule has 0 aliphatic carbocycles. The Kier molecular flexibility index (Phi) is 3.31. The van der Waals surface area contributed by atoms with Crippen LogP contribution in [0.15, 0.2) is 24.3 Å². The third kappa shape index (κ3) is 2.60. The van der Waals surface area contributed by atoms with Crippen LogP contribution in [0.2, 0.25) is 0 Å². The first-order chi connectivity index (χ1) is 8.82. The van der Waals surface area contributed by atoms with Gasteiger partial charge in [0.25, 0.3) is 0 Å². The van der Waals surface area contributed by atoms with E-state index in [0.29, 0.717) is 5.69 Å². The van der Waals surface area contributed by atoms with Crippen molar-refractivity contribution < 1.29 is 9.53 Å². The minimum Gasteiger partial charge on any atom is -0.497 e. The number of carbonyl (C=O) groups is 1. The molecule has 0 bridgehead atoms. The van der Waals surface area contributed by atoms with Gasteiger partial charge in [-0.05, 0) is 36.6 Å². The average Bonchev–Trinajstić information content (AvgIpc) is 2.34. The number of benzene rings is 1. The van der Waals surface area contributed by atoms with Gasteiger partial charge in [-0.1, -0.05) is 20.8 Å². The van der Waals surface area contributed by atoms with Gasteiger partial charge >= 0.3 is 0 Å². The molecule has 3 nitrogen and oxygen atoms in total. The number of ketones is 1. The summed E-state index contributed by atoms with van der Waals surface area (Å²) in [4.78, 5) is 16.9. The van der Waals surface area contributed by atoms with Crippen LogP contribution in [0.25, 0.3) is 10.8 Å². The molecule has 1 aromatic carbocycles. The van der Waals surface area contributed by atoms with Crippen LogP contribution in [0.5, 0.6) is 5.75 Å². The van der Waals surface area contributed by atoms with E-state index < -0.39 is 5.41 Å². The molecule has 0 N–H and O–H groups in total. The van der Waals surface area contributed by atoms with Crippen LogP contribution in [0.4, 0.5) is 0 Å². The van der Waals surface area contributed by atoms with Crippen molar-refractivity contribution in [3.05, 3.63) is 35.7 Å². The molecule has 0 aliphatic heterocycles. The summed E-state index contributed by atoms with van der Waals surface area (Å²) in [6.07, 6.45) is 0. The van der Waals surface area contributed by atoms with Gasteiger partial charge in [-0.2, -0.15) is 0 Å². The zero-order valence-electron chi connectivity index (χ0n) is 12.1. The van der Waals surface area contributed by atoms with Gasteiger partial charge < -0.3 is 4.74 Å². The minimum atomic E-state index is -0.437. The molecule has 1 heterocycles. The number of methoxy groups -OCH3 is 1. The van der Waals surface area contributed by atoms with Gasteiger partial charge in [-0.25, -0.2) is 4.98 Å². The molecule has 100 valence electrons. The van der Waals surface area contributed by atoms with Crippen LogP contribution >= 0.6 is 0 Å². The quantitative estimate of drug-likeness (QED) is 0.768. The predicted molar refractivity (Wildman–Crippen MR) is 76.8 cm³/mol. The lowest BCUT2D eigenvalue weighted by Crippen LogP contribution is -2.22. The zero-order valence-corrected chi connectivity index (χ0v) is 12.1. The lowest BCUT2D eigenvalue weighted by Gasteiger charge is -2.17. The van der Waals surface area contributed by atoms with Gasteiger partial charge in [0.2, 0.25) is 0 Å². The number of aromatic nitrogens is 1. The van der Waals surface area contributed by atoms with E-state index in [1.165, 1.54) is 0 Å². The first kappa shape index (κ1) is 13.5. The maximum Gasteiger partial charge on any atom is 0.187 e. The predicted octanol–water partition coefficient (Wildman–Crippen LogP) is 3.78. The highest BCUT2D eigenvalue weighted by molar-refractivity contribution is 6.08. The van der Waals surface area contributed by atoms with Crippen LogP contribution in [-0.4, -0.2) is 17.9 Å². The summed E-state index contributed by atoms with van der Waals surface area (Å²) in [6.45, 7) is 7.64. The van der Waals surface area contributed by atoms with Gasteiger partial charge in [-0.3, -0.25) is 4.79 Å². The van der Waals surface area contributed by atoms with E-state index >= 15 is 0 Å². The van der Waals surface area contributed by atoms with Gasteiger partial charge in [0.05, 0.1) is 7.11 Å². The number of fused-ring (bicyclic) bond motifs is 1. The second-order valence-electron chi connectivity index (χ2n) is 5.78. The highest BCUT2D eigenvalue weighted by Gasteiger charge is 2.26. The number of hydrogen-bond donors (Lipinski definition) is 0. The Labute approximate surface area is 113 Å². The maximum atomic E-state index is 12.5. The second-order valence-corrected chi connectivity index (χ2v) is 5.78. The highest BCUT2D eigenvalue weighted by atomic mass is 16.5. The molecule has 0 amide bonds. The molecule has 1 aromatic heterocycles. The second kappa shape index (κ2) is 4.65. The number of Topliss-reactive ketones (excluding diaryl/α,β-unsaturated/α-hetero) is 1. The van der Waals surface area contributed by atoms with E-state index in [-0.39, 0.29) is 5.78 Å². The van der Waals surface area contributed by atoms with Crippen molar-refractivity contribution in [2.75, 3.05) is 7.11 Å². The normalized spacial score (nSPS) is 11.6. The molecule has 0 spiro atoms. The number of rotatable bonds is 2. The summed E-state index contributed by atoms with van der Waals surface area (Å²) in [5, 5.41) is 1.87. The van der Waals surface area contributed by atoms with Crippen LogP contribution in [0.1, 0.15) is 37.0 Å². The SMILES string of the molecule is COc1ccc2c(C(=O)C(C)(C)C)nc(C)cc2c1. The first-order valence-corrected chi connectivity index (χ1v) is 6.33. The molecular formula is C16H19NO2. The van der Waals surface area contributed by atoms with Crippen molar-refractivity contribution in [3.63, 3.8) is 0 Å². The molecule has 0 atom stereocenters. The van der Waals surface area contributed by atoms with Crippen LogP contribution in [0, 0.1) is 12.3 Å². The molecule has 0 unspecified atom stereocenters. The summed E-state index contributed by atoms with van der Waals surface area (Å²) in [5.74, 6) is 0.846. The van der Waals surface area contributed by atoms with Crippen molar-refractivity contribution in [1.29, 1.82) is 0 Å². The van der Waals surface area contributed by atoms with Crippen molar-refractivity contribution in [2.24, 2.45) is 5.41 Å². The molecule has 0 fully saturated rings. The number of carbonyl (C=O) groups excluding carboxylic acids is 1. The number of ether oxygens (including phenoxy) is 1. The number of pyridine rings is 1. The van der Waals surface area contributed by atoms with Crippen molar-refractivity contribution >= 4 is 16.6 Å². The Morgan fingerprint density at radius 1 is 1.21 bits per heavy atom. The third-order valence-corrected chi connectivity index (χ3v) is 3.06. The van der Waals surface area contributed by atoms with E-state index in [4.69, 9.17) is 4.74 Å². The largest absolute Gasteiger partial charge is 0.497 e. The van der Waals surface area contributed by atoms with Crippen LogP contribution in [0.3, 0.4) is 0 Å². The average molecular weight is 257 g/mol. The zero-order chi connectivity index (χ0) is 14.2. The van der Waals surface area contributed by atoms with E-state index in [1.807, 2.05) is 52.0 Å². The summed E-state index contributed by atoms with van der Waals surface area (Å²) in [5.41, 5.74) is 0.951. The Morgan fingerprint density at radius 2 is 1.89 bits per heavy atom. The molecule has 2 rings (SSSR count). The summed E-state index contributed by atoms with van der Waals surface area (Å²) in [6, 6.07) is 7.67. The van der Waals surface area contributed by atoms with E-state index in [2.05, 4.69) is 4.98 Å². The molecule has 2 aromatic rings. The van der Waals surface area contributed by atoms with Gasteiger partial charge in [0.15, 0.2) is 5.78 Å². The number of nitrogens with zero attached hydrogens (tertiary/aromatic N) is 1. The van der Waals surface area contributed by atoms with Crippen molar-refractivity contribution in [2.45, 2.75) is 27.7 Å². The molecule has 0 saturated carbocycles. The Hall–Kier alpha value is -1.90. The molecule has 0 radical (unpaired) electrons. The van der Waals surface area contributed by atoms with Crippen molar-refractivity contribution in [1.82, 2.24) is 4.98 Å². The first-order valence-electron chi connectivity index (χ1n) is 6.33. The van der Waals surface area contributed by atoms with Gasteiger partial charge in [0.1, 0.15) is 11.4 Å². The molecule has 0 aliphatic rings. The van der Waals surface area contributed by atoms with E-state index in [0.717, 1.165) is 22.2 Å². The standard InChI is InChI=1S/C16H19NO2/c1-10-8-11-9-12(19-5)6-7-13(11)14(17-10)15(18)16(2,3)4/h6-9H,1-5H3. The smallest absolute Gasteiger partial charge is 0.187 e. The summed E-state index contributed by atoms with van der Waals surface area (Å²) < 4.78 is 5.22. The van der Waals surface area contributed by atoms with E-state index in [9.17, 15) is 4.79 Å². The minimum absolute atomic E-state index is 0.0615. The summed E-state index contributed by atoms with van der Waals surface area (Å²) in [7, 11) is 1.64. The fourth-order valence-electron chi connectivity index (χ4n) is 2.03. The Morgan fingerprint density at radius 3 is 2.47 bits per heavy atom. The number of aryl methyl sites for hydroxylation is 1. The van der Waals surface area contributed by atoms with Crippen molar-refractivity contribution in [3.8, 4) is 5.75 Å². The van der Waals surface area contributed by atoms with Crippen LogP contribution in [-0.2, 0) is 0 Å². The maximum absolute atomic E-state index is 12.5. The van der Waals surface area contributed by atoms with Gasteiger partial charge in [0, 0.05) is 16.5 Å². The fraction of sp³-hybridized carbons (Fsp3) is 0.375. The lowest BCUT2D eigenvalue weighted by molar-refractivity contribution is 0.0854. The topological polar surface area (TPSA) is 39.2 Å². The van der Waals surface area contributed by atoms with E-state index in [1.54, 1.807) is 7.11 Å². The molecule has 0 saturated heterocycles. The Bertz CT molecular complexity index is 639. The molecule has 3 heteroatoms. The fourth-order valence-corrected chi connectivity index (χ4v) is 2.03. The molecule has 19 heavy (non-hydrogen) atoms. The summed E-state index contributed by atoms with van der Waals surface area (Å²) >= 11 is 0. The highest BCUT2D eigenvalue weighted by Crippen LogP contribution is 2.28. The van der Waals surface area contributed by atoms with Gasteiger partial charge in [-0.15, -0.1) is 0 Å². The Balaban J connectivity index is 2.71. The monoisotopic (exact) mass is 257 g/mol. The van der Waals surface area contributed by atoms with Crippen LogP contribution < -0.4 is 4.74 Å². The lowest BCUT2D eigenvalue weighted by atomic mass is 9.87.